The molecule has 1 aliphatic rings. The molecule has 0 saturated carbocycles. The summed E-state index contributed by atoms with van der Waals surface area (Å²) in [6, 6.07) is 5.37. The summed E-state index contributed by atoms with van der Waals surface area (Å²) in [5.74, 6) is -3.15. The summed E-state index contributed by atoms with van der Waals surface area (Å²) in [5.41, 5.74) is 0.334. The van der Waals surface area contributed by atoms with Crippen molar-refractivity contribution in [3.05, 3.63) is 34.4 Å². The molecule has 0 aliphatic carbocycles. The number of non-ortho nitro benzene ring substituents is 1. The van der Waals surface area contributed by atoms with E-state index in [1.165, 1.54) is 29.2 Å². The van der Waals surface area contributed by atoms with E-state index in [9.17, 15) is 25.1 Å². The minimum Gasteiger partial charge on any atom is -0.358 e. The van der Waals surface area contributed by atoms with Gasteiger partial charge in [0.1, 0.15) is 0 Å². The molecule has 1 fully saturated rings. The molecule has 1 aromatic rings. The van der Waals surface area contributed by atoms with Gasteiger partial charge in [-0.25, -0.2) is 0 Å². The molecule has 2 N–H and O–H groups in total. The lowest BCUT2D eigenvalue weighted by Gasteiger charge is -2.34. The Hall–Kier alpha value is -1.99. The predicted molar refractivity (Wildman–Crippen MR) is 61.9 cm³/mol. The Morgan fingerprint density at radius 3 is 2.44 bits per heavy atom. The number of nitro benzene ring substituents is 1. The standard InChI is InChI=1S/C11H12N2O5/c14-10-11(15,16)6-1-7-12(10)8-2-4-9(5-3-8)13(17)18/h2-5,15-16H,1,6-7H2. The van der Waals surface area contributed by atoms with Gasteiger partial charge in [0.15, 0.2) is 0 Å². The number of hydrogen-bond donors (Lipinski definition) is 2. The normalized spacial score (nSPS) is 18.8. The Balaban J connectivity index is 2.26. The predicted octanol–water partition coefficient (Wildman–Crippen LogP) is 0.402. The highest BCUT2D eigenvalue weighted by molar-refractivity contribution is 5.98. The molecule has 1 aliphatic heterocycles. The topological polar surface area (TPSA) is 104 Å². The van der Waals surface area contributed by atoms with E-state index < -0.39 is 16.6 Å². The van der Waals surface area contributed by atoms with E-state index in [0.717, 1.165) is 0 Å². The van der Waals surface area contributed by atoms with Crippen molar-refractivity contribution < 1.29 is 19.9 Å². The maximum absolute atomic E-state index is 11.8. The molecule has 0 radical (unpaired) electrons. The van der Waals surface area contributed by atoms with Crippen LogP contribution in [0.25, 0.3) is 0 Å². The number of amides is 1. The van der Waals surface area contributed by atoms with E-state index in [4.69, 9.17) is 0 Å². The maximum Gasteiger partial charge on any atom is 0.286 e. The average molecular weight is 252 g/mol. The fraction of sp³-hybridized carbons (Fsp3) is 0.364. The molecule has 0 aromatic heterocycles. The number of piperidine rings is 1. The summed E-state index contributed by atoms with van der Waals surface area (Å²) < 4.78 is 0. The highest BCUT2D eigenvalue weighted by Gasteiger charge is 2.40. The van der Waals surface area contributed by atoms with Gasteiger partial charge < -0.3 is 15.1 Å². The Labute approximate surface area is 102 Å². The van der Waals surface area contributed by atoms with E-state index in [1.54, 1.807) is 0 Å². The summed E-state index contributed by atoms with van der Waals surface area (Å²) in [6.07, 6.45) is 0.449. The summed E-state index contributed by atoms with van der Waals surface area (Å²) >= 11 is 0. The molecular weight excluding hydrogens is 240 g/mol. The first kappa shape index (κ1) is 12.5. The van der Waals surface area contributed by atoms with Crippen molar-refractivity contribution >= 4 is 17.3 Å². The minimum absolute atomic E-state index is 0.00465. The number of hydrogen-bond acceptors (Lipinski definition) is 5. The van der Waals surface area contributed by atoms with E-state index in [-0.39, 0.29) is 12.1 Å². The molecule has 0 atom stereocenters. The van der Waals surface area contributed by atoms with Crippen LogP contribution < -0.4 is 4.90 Å². The zero-order valence-electron chi connectivity index (χ0n) is 9.44. The van der Waals surface area contributed by atoms with Gasteiger partial charge in [0, 0.05) is 30.8 Å². The third-order valence-electron chi connectivity index (χ3n) is 2.87. The van der Waals surface area contributed by atoms with Gasteiger partial charge in [0.05, 0.1) is 4.92 Å². The van der Waals surface area contributed by atoms with Gasteiger partial charge in [-0.1, -0.05) is 0 Å². The van der Waals surface area contributed by atoms with Gasteiger partial charge in [-0.05, 0) is 18.6 Å². The molecular formula is C11H12N2O5. The summed E-state index contributed by atoms with van der Waals surface area (Å²) in [4.78, 5) is 22.9. The first-order valence-electron chi connectivity index (χ1n) is 5.43. The molecule has 18 heavy (non-hydrogen) atoms. The Morgan fingerprint density at radius 1 is 1.28 bits per heavy atom. The zero-order chi connectivity index (χ0) is 13.3. The Morgan fingerprint density at radius 2 is 1.89 bits per heavy atom. The zero-order valence-corrected chi connectivity index (χ0v) is 9.44. The van der Waals surface area contributed by atoms with E-state index >= 15 is 0 Å². The summed E-state index contributed by atoms with van der Waals surface area (Å²) in [5, 5.41) is 29.4. The molecule has 0 unspecified atom stereocenters. The van der Waals surface area contributed by atoms with Crippen molar-refractivity contribution in [2.75, 3.05) is 11.4 Å². The number of rotatable bonds is 2. The largest absolute Gasteiger partial charge is 0.358 e. The van der Waals surface area contributed by atoms with Gasteiger partial charge in [0.2, 0.25) is 5.79 Å². The van der Waals surface area contributed by atoms with Crippen molar-refractivity contribution in [1.82, 2.24) is 0 Å². The number of anilines is 1. The lowest BCUT2D eigenvalue weighted by atomic mass is 10.0. The lowest BCUT2D eigenvalue weighted by molar-refractivity contribution is -0.384. The minimum atomic E-state index is -2.35. The number of carbonyl (C=O) groups is 1. The van der Waals surface area contributed by atoms with E-state index in [2.05, 4.69) is 0 Å². The van der Waals surface area contributed by atoms with Gasteiger partial charge in [0.25, 0.3) is 11.6 Å². The van der Waals surface area contributed by atoms with Crippen LogP contribution in [0, 0.1) is 10.1 Å². The fourth-order valence-electron chi connectivity index (χ4n) is 1.91. The van der Waals surface area contributed by atoms with Gasteiger partial charge >= 0.3 is 0 Å². The third-order valence-corrected chi connectivity index (χ3v) is 2.87. The highest BCUT2D eigenvalue weighted by atomic mass is 16.6. The molecule has 0 bridgehead atoms. The number of benzene rings is 1. The monoisotopic (exact) mass is 252 g/mol. The van der Waals surface area contributed by atoms with Crippen molar-refractivity contribution in [1.29, 1.82) is 0 Å². The molecule has 96 valence electrons. The van der Waals surface area contributed by atoms with Crippen LogP contribution in [-0.2, 0) is 4.79 Å². The number of nitrogens with zero attached hydrogens (tertiary/aromatic N) is 2. The number of aliphatic hydroxyl groups is 2. The number of carbonyl (C=O) groups excluding carboxylic acids is 1. The van der Waals surface area contributed by atoms with Crippen molar-refractivity contribution in [2.45, 2.75) is 18.6 Å². The first-order chi connectivity index (χ1) is 8.42. The second-order valence-corrected chi connectivity index (χ2v) is 4.15. The van der Waals surface area contributed by atoms with Crippen molar-refractivity contribution in [3.63, 3.8) is 0 Å². The molecule has 1 heterocycles. The lowest BCUT2D eigenvalue weighted by Crippen LogP contribution is -2.53. The average Bonchev–Trinajstić information content (AvgIpc) is 2.33. The summed E-state index contributed by atoms with van der Waals surface area (Å²) in [6.45, 7) is 0.361. The van der Waals surface area contributed by atoms with Crippen LogP contribution in [0.5, 0.6) is 0 Å². The van der Waals surface area contributed by atoms with Crippen LogP contribution in [0.4, 0.5) is 11.4 Å². The second kappa shape index (κ2) is 4.35. The summed E-state index contributed by atoms with van der Waals surface area (Å²) in [7, 11) is 0. The smallest absolute Gasteiger partial charge is 0.286 e. The molecule has 7 heteroatoms. The Kier molecular flexibility index (Phi) is 3.02. The first-order valence-corrected chi connectivity index (χ1v) is 5.43. The van der Waals surface area contributed by atoms with E-state index in [0.29, 0.717) is 18.7 Å². The molecule has 1 aromatic carbocycles. The maximum atomic E-state index is 11.8. The number of nitro groups is 1. The van der Waals surface area contributed by atoms with Crippen LogP contribution >= 0.6 is 0 Å². The van der Waals surface area contributed by atoms with Gasteiger partial charge in [-0.2, -0.15) is 0 Å². The fourth-order valence-corrected chi connectivity index (χ4v) is 1.91. The van der Waals surface area contributed by atoms with Crippen LogP contribution in [0.15, 0.2) is 24.3 Å². The van der Waals surface area contributed by atoms with Crippen LogP contribution in [0.3, 0.4) is 0 Å². The van der Waals surface area contributed by atoms with Crippen LogP contribution in [0.1, 0.15) is 12.8 Å². The molecule has 1 amide bonds. The van der Waals surface area contributed by atoms with Crippen molar-refractivity contribution in [3.8, 4) is 0 Å². The molecule has 7 nitrogen and oxygen atoms in total. The van der Waals surface area contributed by atoms with Gasteiger partial charge in [-0.3, -0.25) is 14.9 Å². The molecule has 0 spiro atoms. The van der Waals surface area contributed by atoms with E-state index in [1.807, 2.05) is 0 Å². The van der Waals surface area contributed by atoms with Crippen molar-refractivity contribution in [2.24, 2.45) is 0 Å². The Bertz CT molecular complexity index is 483. The van der Waals surface area contributed by atoms with Gasteiger partial charge in [-0.15, -0.1) is 0 Å². The molecule has 1 saturated heterocycles. The van der Waals surface area contributed by atoms with Crippen LogP contribution in [0.2, 0.25) is 0 Å². The molecule has 2 rings (SSSR count). The quantitative estimate of drug-likeness (QED) is 0.450. The highest BCUT2D eigenvalue weighted by Crippen LogP contribution is 2.27. The SMILES string of the molecule is O=C1N(c2ccc([N+](=O)[O-])cc2)CCCC1(O)O. The third kappa shape index (κ3) is 2.18. The second-order valence-electron chi connectivity index (χ2n) is 4.15. The van der Waals surface area contributed by atoms with Crippen LogP contribution in [-0.4, -0.2) is 33.4 Å².